The van der Waals surface area contributed by atoms with Crippen molar-refractivity contribution in [1.82, 2.24) is 14.8 Å². The topological polar surface area (TPSA) is 54.9 Å². The Morgan fingerprint density at radius 1 is 1.21 bits per heavy atom. The van der Waals surface area contributed by atoms with E-state index in [-0.39, 0.29) is 11.6 Å². The molecule has 2 saturated heterocycles. The molecule has 2 fully saturated rings. The van der Waals surface area contributed by atoms with Gasteiger partial charge in [-0.3, -0.25) is 14.8 Å². The minimum absolute atomic E-state index is 0.193. The molecule has 1 atom stereocenters. The van der Waals surface area contributed by atoms with E-state index in [0.29, 0.717) is 13.2 Å². The Kier molecular flexibility index (Phi) is 4.98. The first-order valence-corrected chi connectivity index (χ1v) is 9.72. The van der Waals surface area contributed by atoms with E-state index in [0.717, 1.165) is 48.6 Å². The van der Waals surface area contributed by atoms with Crippen LogP contribution < -0.4 is 4.74 Å². The molecule has 1 unspecified atom stereocenters. The molecule has 2 aromatic rings. The summed E-state index contributed by atoms with van der Waals surface area (Å²) in [6.45, 7) is 7.49. The van der Waals surface area contributed by atoms with E-state index in [1.807, 2.05) is 36.2 Å². The molecule has 0 bridgehead atoms. The molecule has 1 amide bonds. The highest BCUT2D eigenvalue weighted by Gasteiger charge is 2.50. The number of rotatable bonds is 5. The van der Waals surface area contributed by atoms with Gasteiger partial charge in [0.2, 0.25) is 0 Å². The second kappa shape index (κ2) is 7.43. The highest BCUT2D eigenvalue weighted by atomic mass is 16.6. The summed E-state index contributed by atoms with van der Waals surface area (Å²) in [5.74, 6) is 0.905. The van der Waals surface area contributed by atoms with E-state index < -0.39 is 0 Å². The zero-order valence-electron chi connectivity index (χ0n) is 16.8. The molecule has 6 heteroatoms. The number of pyridine rings is 1. The number of piperazine rings is 1. The van der Waals surface area contributed by atoms with Gasteiger partial charge in [-0.05, 0) is 19.4 Å². The van der Waals surface area contributed by atoms with Gasteiger partial charge in [-0.25, -0.2) is 4.79 Å². The Labute approximate surface area is 166 Å². The number of cyclic esters (lactones) is 1. The van der Waals surface area contributed by atoms with Crippen molar-refractivity contribution in [3.63, 3.8) is 0 Å². The highest BCUT2D eigenvalue weighted by Crippen LogP contribution is 2.33. The fraction of sp³-hybridized carbons (Fsp3) is 0.455. The average molecular weight is 381 g/mol. The molecular formula is C22H27N3O3. The number of aryl methyl sites for hydroxylation is 1. The van der Waals surface area contributed by atoms with Crippen molar-refractivity contribution in [3.05, 3.63) is 58.9 Å². The smallest absolute Gasteiger partial charge is 0.410 e. The predicted octanol–water partition coefficient (Wildman–Crippen LogP) is 2.96. The summed E-state index contributed by atoms with van der Waals surface area (Å²) >= 11 is 0. The van der Waals surface area contributed by atoms with E-state index in [4.69, 9.17) is 9.47 Å². The third-order valence-corrected chi connectivity index (χ3v) is 5.91. The van der Waals surface area contributed by atoms with Gasteiger partial charge < -0.3 is 9.47 Å². The van der Waals surface area contributed by atoms with Gasteiger partial charge in [-0.2, -0.15) is 0 Å². The standard InChI is InChI=1S/C22H27N3O3/c1-16-12-23-19(17(2)20(16)27-3)13-24-9-10-25-21(26)28-15-22(25,14-24)11-18-7-5-4-6-8-18/h4-8,12H,9-11,13-15H2,1-3H3. The van der Waals surface area contributed by atoms with Crippen LogP contribution in [0.3, 0.4) is 0 Å². The van der Waals surface area contributed by atoms with Gasteiger partial charge in [0.05, 0.1) is 18.3 Å². The van der Waals surface area contributed by atoms with Crippen molar-refractivity contribution in [2.75, 3.05) is 33.4 Å². The van der Waals surface area contributed by atoms with Gasteiger partial charge in [0.1, 0.15) is 12.4 Å². The Hall–Kier alpha value is -2.60. The first-order chi connectivity index (χ1) is 13.5. The molecule has 1 aromatic carbocycles. The summed E-state index contributed by atoms with van der Waals surface area (Å²) in [5, 5.41) is 0. The summed E-state index contributed by atoms with van der Waals surface area (Å²) < 4.78 is 11.0. The largest absolute Gasteiger partial charge is 0.496 e. The van der Waals surface area contributed by atoms with E-state index in [1.54, 1.807) is 7.11 Å². The van der Waals surface area contributed by atoms with Gasteiger partial charge >= 0.3 is 6.09 Å². The number of hydrogen-bond acceptors (Lipinski definition) is 5. The number of ether oxygens (including phenoxy) is 2. The van der Waals surface area contributed by atoms with Crippen molar-refractivity contribution in [2.45, 2.75) is 32.4 Å². The number of hydrogen-bond donors (Lipinski definition) is 0. The van der Waals surface area contributed by atoms with Crippen LogP contribution in [-0.2, 0) is 17.7 Å². The maximum absolute atomic E-state index is 12.3. The van der Waals surface area contributed by atoms with Gasteiger partial charge in [0.25, 0.3) is 0 Å². The fourth-order valence-corrected chi connectivity index (χ4v) is 4.50. The summed E-state index contributed by atoms with van der Waals surface area (Å²) in [4.78, 5) is 21.3. The molecule has 148 valence electrons. The number of fused-ring (bicyclic) bond motifs is 1. The van der Waals surface area contributed by atoms with Crippen LogP contribution in [0.5, 0.6) is 5.75 Å². The predicted molar refractivity (Wildman–Crippen MR) is 106 cm³/mol. The van der Waals surface area contributed by atoms with Crippen molar-refractivity contribution in [3.8, 4) is 5.75 Å². The van der Waals surface area contributed by atoms with E-state index >= 15 is 0 Å². The van der Waals surface area contributed by atoms with E-state index in [2.05, 4.69) is 28.9 Å². The first-order valence-electron chi connectivity index (χ1n) is 9.72. The number of aromatic nitrogens is 1. The third kappa shape index (κ3) is 3.33. The maximum atomic E-state index is 12.3. The molecular weight excluding hydrogens is 354 g/mol. The van der Waals surface area contributed by atoms with Crippen molar-refractivity contribution >= 4 is 6.09 Å². The Balaban J connectivity index is 1.57. The SMILES string of the molecule is COc1c(C)cnc(CN2CCN3C(=O)OCC3(Cc3ccccc3)C2)c1C. The molecule has 1 aromatic heterocycles. The van der Waals surface area contributed by atoms with Gasteiger partial charge in [-0.15, -0.1) is 0 Å². The lowest BCUT2D eigenvalue weighted by molar-refractivity contribution is 0.0469. The Morgan fingerprint density at radius 3 is 2.75 bits per heavy atom. The molecule has 0 aliphatic carbocycles. The summed E-state index contributed by atoms with van der Waals surface area (Å²) in [7, 11) is 1.70. The highest BCUT2D eigenvalue weighted by molar-refractivity contribution is 5.71. The van der Waals surface area contributed by atoms with Crippen LogP contribution in [0.4, 0.5) is 4.79 Å². The number of amides is 1. The number of benzene rings is 1. The van der Waals surface area contributed by atoms with Crippen molar-refractivity contribution in [2.24, 2.45) is 0 Å². The lowest BCUT2D eigenvalue weighted by Crippen LogP contribution is -2.62. The number of carbonyl (C=O) groups is 1. The van der Waals surface area contributed by atoms with Crippen LogP contribution in [-0.4, -0.2) is 59.8 Å². The Bertz CT molecular complexity index is 871. The monoisotopic (exact) mass is 381 g/mol. The molecule has 4 rings (SSSR count). The normalized spacial score (nSPS) is 22.1. The molecule has 0 N–H and O–H groups in total. The van der Waals surface area contributed by atoms with Crippen LogP contribution in [0.25, 0.3) is 0 Å². The molecule has 28 heavy (non-hydrogen) atoms. The summed E-state index contributed by atoms with van der Waals surface area (Å²) in [5.41, 5.74) is 4.05. The number of carbonyl (C=O) groups excluding carboxylic acids is 1. The van der Waals surface area contributed by atoms with Gasteiger partial charge in [-0.1, -0.05) is 30.3 Å². The molecule has 6 nitrogen and oxygen atoms in total. The number of methoxy groups -OCH3 is 1. The van der Waals surface area contributed by atoms with Crippen LogP contribution >= 0.6 is 0 Å². The molecule has 2 aliphatic rings. The lowest BCUT2D eigenvalue weighted by atomic mass is 9.88. The van der Waals surface area contributed by atoms with Crippen LogP contribution in [0.2, 0.25) is 0 Å². The minimum atomic E-state index is -0.320. The zero-order chi connectivity index (χ0) is 19.7. The fourth-order valence-electron chi connectivity index (χ4n) is 4.50. The van der Waals surface area contributed by atoms with Crippen molar-refractivity contribution < 1.29 is 14.3 Å². The molecule has 0 spiro atoms. The zero-order valence-corrected chi connectivity index (χ0v) is 16.8. The molecule has 0 radical (unpaired) electrons. The second-order valence-corrected chi connectivity index (χ2v) is 7.85. The quantitative estimate of drug-likeness (QED) is 0.797. The average Bonchev–Trinajstić information content (AvgIpc) is 3.01. The first kappa shape index (κ1) is 18.7. The molecule has 2 aliphatic heterocycles. The van der Waals surface area contributed by atoms with Crippen LogP contribution in [0.1, 0.15) is 22.4 Å². The van der Waals surface area contributed by atoms with Crippen LogP contribution in [0, 0.1) is 13.8 Å². The summed E-state index contributed by atoms with van der Waals surface area (Å²) in [6, 6.07) is 10.3. The molecule has 0 saturated carbocycles. The van der Waals surface area contributed by atoms with Gasteiger partial charge in [0, 0.05) is 49.9 Å². The summed E-state index contributed by atoms with van der Waals surface area (Å²) in [6.07, 6.45) is 2.47. The van der Waals surface area contributed by atoms with E-state index in [9.17, 15) is 4.79 Å². The third-order valence-electron chi connectivity index (χ3n) is 5.91. The van der Waals surface area contributed by atoms with Gasteiger partial charge in [0.15, 0.2) is 0 Å². The van der Waals surface area contributed by atoms with Crippen LogP contribution in [0.15, 0.2) is 36.5 Å². The van der Waals surface area contributed by atoms with Crippen molar-refractivity contribution in [1.29, 1.82) is 0 Å². The lowest BCUT2D eigenvalue weighted by Gasteiger charge is -2.44. The Morgan fingerprint density at radius 2 is 2.00 bits per heavy atom. The molecule has 3 heterocycles. The number of nitrogens with zero attached hydrogens (tertiary/aromatic N) is 3. The minimum Gasteiger partial charge on any atom is -0.496 e. The second-order valence-electron chi connectivity index (χ2n) is 7.85. The van der Waals surface area contributed by atoms with E-state index in [1.165, 1.54) is 5.56 Å². The maximum Gasteiger partial charge on any atom is 0.410 e.